The minimum atomic E-state index is -1.16. The van der Waals surface area contributed by atoms with Crippen LogP contribution in [0.4, 0.5) is 5.69 Å². The van der Waals surface area contributed by atoms with Gasteiger partial charge < -0.3 is 5.32 Å². The number of carbonyl (C=O) groups excluding carboxylic acids is 1. The van der Waals surface area contributed by atoms with E-state index >= 15 is 0 Å². The molecule has 122 valence electrons. The summed E-state index contributed by atoms with van der Waals surface area (Å²) in [6.45, 7) is 9.39. The van der Waals surface area contributed by atoms with Gasteiger partial charge in [-0.05, 0) is 45.6 Å². The molecule has 1 amide bonds. The average molecular weight is 390 g/mol. The second-order valence-electron chi connectivity index (χ2n) is 7.19. The van der Waals surface area contributed by atoms with Crippen molar-refractivity contribution in [2.24, 2.45) is 0 Å². The Hall–Kier alpha value is -1.39. The lowest BCUT2D eigenvalue weighted by atomic mass is 10.0. The number of rotatable bonds is 5. The fourth-order valence-electron chi connectivity index (χ4n) is 2.90. The normalized spacial score (nSPS) is 12.7. The highest BCUT2D eigenvalue weighted by Gasteiger charge is 2.21. The molecule has 0 spiro atoms. The number of para-hydroxylation sites is 1. The van der Waals surface area contributed by atoms with E-state index in [9.17, 15) is 4.79 Å². The number of carbonyl (C=O) groups is 1. The van der Waals surface area contributed by atoms with Gasteiger partial charge in [-0.25, -0.2) is 0 Å². The number of nitrogens with one attached hydrogen (secondary N) is 1. The topological polar surface area (TPSA) is 29.1 Å². The van der Waals surface area contributed by atoms with Crippen molar-refractivity contribution in [3.63, 3.8) is 0 Å². The smallest absolute Gasteiger partial charge is 0.256 e. The van der Waals surface area contributed by atoms with Crippen molar-refractivity contribution in [1.29, 1.82) is 0 Å². The lowest BCUT2D eigenvalue weighted by Gasteiger charge is -2.23. The first kappa shape index (κ1) is 18.0. The predicted molar refractivity (Wildman–Crippen MR) is 105 cm³/mol. The van der Waals surface area contributed by atoms with E-state index in [2.05, 4.69) is 53.9 Å². The molecule has 4 heteroatoms. The van der Waals surface area contributed by atoms with Crippen molar-refractivity contribution < 1.29 is 4.79 Å². The summed E-state index contributed by atoms with van der Waals surface area (Å²) in [5, 5.41) is 3.08. The van der Waals surface area contributed by atoms with Gasteiger partial charge in [0.05, 0.1) is 5.56 Å². The Labute approximate surface area is 148 Å². The van der Waals surface area contributed by atoms with Gasteiger partial charge in [0.15, 0.2) is 0 Å². The summed E-state index contributed by atoms with van der Waals surface area (Å²) < 4.78 is 0.810. The molecule has 0 aliphatic rings. The number of amides is 1. The number of halogens is 1. The summed E-state index contributed by atoms with van der Waals surface area (Å²) in [6.07, 6.45) is 0. The molecular formula is C19H24BrNOSi. The second kappa shape index (κ2) is 7.45. The molecule has 1 N–H and O–H groups in total. The zero-order valence-electron chi connectivity index (χ0n) is 14.2. The number of hydrogen-bond donors (Lipinski definition) is 1. The van der Waals surface area contributed by atoms with Crippen LogP contribution in [-0.4, -0.2) is 14.0 Å². The summed E-state index contributed by atoms with van der Waals surface area (Å²) in [6, 6.07) is 16.8. The van der Waals surface area contributed by atoms with Crippen LogP contribution < -0.4 is 5.32 Å². The van der Waals surface area contributed by atoms with Crippen LogP contribution in [-0.2, 0) is 0 Å². The molecule has 0 aromatic heterocycles. The molecule has 0 bridgehead atoms. The quantitative estimate of drug-likeness (QED) is 0.610. The molecule has 23 heavy (non-hydrogen) atoms. The molecule has 0 aliphatic heterocycles. The molecule has 2 nitrogen and oxygen atoms in total. The van der Waals surface area contributed by atoms with E-state index in [0.717, 1.165) is 10.2 Å². The maximum atomic E-state index is 12.6. The molecule has 0 saturated carbocycles. The lowest BCUT2D eigenvalue weighted by Crippen LogP contribution is -2.22. The largest absolute Gasteiger partial charge is 0.322 e. The highest BCUT2D eigenvalue weighted by molar-refractivity contribution is 9.10. The van der Waals surface area contributed by atoms with Gasteiger partial charge in [0.1, 0.15) is 0 Å². The molecular weight excluding hydrogens is 366 g/mol. The zero-order valence-corrected chi connectivity index (χ0v) is 16.8. The molecule has 1 unspecified atom stereocenters. The lowest BCUT2D eigenvalue weighted by molar-refractivity contribution is 0.102. The van der Waals surface area contributed by atoms with E-state index in [1.807, 2.05) is 42.5 Å². The number of hydrogen-bond acceptors (Lipinski definition) is 1. The molecule has 1 atom stereocenters. The monoisotopic (exact) mass is 389 g/mol. The van der Waals surface area contributed by atoms with Gasteiger partial charge in [-0.15, -0.1) is 0 Å². The van der Waals surface area contributed by atoms with Crippen LogP contribution in [0, 0.1) is 0 Å². The number of anilines is 1. The van der Waals surface area contributed by atoms with Gasteiger partial charge in [0.25, 0.3) is 5.91 Å². The van der Waals surface area contributed by atoms with Crippen LogP contribution in [0.15, 0.2) is 53.0 Å². The van der Waals surface area contributed by atoms with Crippen molar-refractivity contribution in [3.05, 3.63) is 64.1 Å². The van der Waals surface area contributed by atoms with Gasteiger partial charge in [-0.3, -0.25) is 4.79 Å². The van der Waals surface area contributed by atoms with Gasteiger partial charge in [-0.1, -0.05) is 62.9 Å². The average Bonchev–Trinajstić information content (AvgIpc) is 2.46. The summed E-state index contributed by atoms with van der Waals surface area (Å²) in [5.74, 6) is 0.363. The van der Waals surface area contributed by atoms with Gasteiger partial charge >= 0.3 is 0 Å². The van der Waals surface area contributed by atoms with Crippen molar-refractivity contribution in [2.75, 3.05) is 5.32 Å². The molecule has 0 radical (unpaired) electrons. The summed E-state index contributed by atoms with van der Waals surface area (Å²) >= 11 is 3.44. The van der Waals surface area contributed by atoms with E-state index in [1.54, 1.807) is 0 Å². The zero-order chi connectivity index (χ0) is 17.0. The third-order valence-electron chi connectivity index (χ3n) is 3.78. The Balaban J connectivity index is 2.24. The van der Waals surface area contributed by atoms with Crippen LogP contribution in [0.1, 0.15) is 28.8 Å². The Morgan fingerprint density at radius 2 is 1.70 bits per heavy atom. The van der Waals surface area contributed by atoms with Gasteiger partial charge in [-0.2, -0.15) is 0 Å². The molecule has 2 aromatic carbocycles. The first-order valence-corrected chi connectivity index (χ1v) is 12.4. The summed E-state index contributed by atoms with van der Waals surface area (Å²) in [5.41, 5.74) is 2.79. The van der Waals surface area contributed by atoms with Crippen LogP contribution >= 0.6 is 15.9 Å². The van der Waals surface area contributed by atoms with Crippen LogP contribution in [0.3, 0.4) is 0 Å². The molecule has 2 aromatic rings. The van der Waals surface area contributed by atoms with Crippen LogP contribution in [0.25, 0.3) is 0 Å². The highest BCUT2D eigenvalue weighted by atomic mass is 79.9. The SMILES string of the molecule is CC(C[Si](C)(C)C)c1ccccc1NC(=O)c1ccccc1Br. The number of benzene rings is 2. The first-order chi connectivity index (χ1) is 10.8. The van der Waals surface area contributed by atoms with Crippen LogP contribution in [0.2, 0.25) is 25.7 Å². The van der Waals surface area contributed by atoms with Gasteiger partial charge in [0.2, 0.25) is 0 Å². The second-order valence-corrected chi connectivity index (χ2v) is 13.6. The molecule has 2 rings (SSSR count). The maximum absolute atomic E-state index is 12.6. The standard InChI is InChI=1S/C19H24BrNOSi/c1-14(13-23(2,3)4)15-9-6-8-12-18(15)21-19(22)16-10-5-7-11-17(16)20/h5-12,14H,13H2,1-4H3,(H,21,22). The van der Waals surface area contributed by atoms with Crippen LogP contribution in [0.5, 0.6) is 0 Å². The third-order valence-corrected chi connectivity index (χ3v) is 6.31. The molecule has 0 heterocycles. The Morgan fingerprint density at radius 3 is 2.35 bits per heavy atom. The van der Waals surface area contributed by atoms with E-state index in [4.69, 9.17) is 0 Å². The van der Waals surface area contributed by atoms with E-state index in [-0.39, 0.29) is 5.91 Å². The molecule has 0 aliphatic carbocycles. The minimum absolute atomic E-state index is 0.0786. The Kier molecular flexibility index (Phi) is 5.82. The summed E-state index contributed by atoms with van der Waals surface area (Å²) in [4.78, 5) is 12.6. The van der Waals surface area contributed by atoms with Crippen molar-refractivity contribution in [1.82, 2.24) is 0 Å². The first-order valence-electron chi connectivity index (χ1n) is 7.93. The van der Waals surface area contributed by atoms with Crippen molar-refractivity contribution in [3.8, 4) is 0 Å². The van der Waals surface area contributed by atoms with E-state index in [0.29, 0.717) is 11.5 Å². The van der Waals surface area contributed by atoms with E-state index in [1.165, 1.54) is 11.6 Å². The summed E-state index contributed by atoms with van der Waals surface area (Å²) in [7, 11) is -1.16. The maximum Gasteiger partial charge on any atom is 0.256 e. The fraction of sp³-hybridized carbons (Fsp3) is 0.316. The Morgan fingerprint density at radius 1 is 1.09 bits per heavy atom. The molecule has 0 saturated heterocycles. The minimum Gasteiger partial charge on any atom is -0.322 e. The third kappa shape index (κ3) is 5.04. The van der Waals surface area contributed by atoms with E-state index < -0.39 is 8.07 Å². The predicted octanol–water partition coefficient (Wildman–Crippen LogP) is 6.14. The van der Waals surface area contributed by atoms with Gasteiger partial charge in [0, 0.05) is 18.2 Å². The van der Waals surface area contributed by atoms with Crippen molar-refractivity contribution in [2.45, 2.75) is 38.5 Å². The highest BCUT2D eigenvalue weighted by Crippen LogP contribution is 2.31. The Bertz CT molecular complexity index is 694. The fourth-order valence-corrected chi connectivity index (χ4v) is 5.43. The van der Waals surface area contributed by atoms with Crippen molar-refractivity contribution >= 4 is 35.6 Å². The molecule has 0 fully saturated rings.